The normalized spacial score (nSPS) is 9.85. The Kier molecular flexibility index (Phi) is 3.93. The largest absolute Gasteiger partial charge is 0.417 e. The number of aromatic nitrogens is 3. The van der Waals surface area contributed by atoms with E-state index in [-0.39, 0.29) is 27.9 Å². The van der Waals surface area contributed by atoms with Gasteiger partial charge in [-0.2, -0.15) is 20.2 Å². The number of rotatable bonds is 3. The molecule has 0 N–H and O–H groups in total. The fraction of sp³-hybridized carbons (Fsp3) is 0. The molecule has 8 nitrogen and oxygen atoms in total. The minimum Gasteiger partial charge on any atom is -0.417 e. The molecular formula is C10H3Cl2N5O3. The van der Waals surface area contributed by atoms with Gasteiger partial charge in [-0.15, -0.1) is 0 Å². The Hall–Kier alpha value is -2.50. The zero-order valence-corrected chi connectivity index (χ0v) is 11.0. The van der Waals surface area contributed by atoms with Crippen LogP contribution in [0.15, 0.2) is 18.2 Å². The molecule has 0 saturated carbocycles. The fourth-order valence-corrected chi connectivity index (χ4v) is 1.62. The molecule has 2 rings (SSSR count). The lowest BCUT2D eigenvalue weighted by Gasteiger charge is -2.04. The summed E-state index contributed by atoms with van der Waals surface area (Å²) in [5, 5.41) is 19.2. The predicted molar refractivity (Wildman–Crippen MR) is 67.7 cm³/mol. The Morgan fingerprint density at radius 3 is 2.45 bits per heavy atom. The molecule has 100 valence electrons. The molecule has 0 aliphatic rings. The molecular weight excluding hydrogens is 309 g/mol. The maximum Gasteiger partial charge on any atom is 0.327 e. The monoisotopic (exact) mass is 311 g/mol. The second-order valence-electron chi connectivity index (χ2n) is 3.31. The number of halogens is 2. The van der Waals surface area contributed by atoms with E-state index in [2.05, 4.69) is 15.0 Å². The smallest absolute Gasteiger partial charge is 0.327 e. The van der Waals surface area contributed by atoms with Crippen molar-refractivity contribution in [3.63, 3.8) is 0 Å². The van der Waals surface area contributed by atoms with Crippen LogP contribution in [0.25, 0.3) is 0 Å². The van der Waals surface area contributed by atoms with Crippen molar-refractivity contribution in [1.29, 1.82) is 5.26 Å². The molecule has 1 aromatic carbocycles. The van der Waals surface area contributed by atoms with Crippen molar-refractivity contribution in [3.05, 3.63) is 44.4 Å². The van der Waals surface area contributed by atoms with E-state index in [1.807, 2.05) is 0 Å². The van der Waals surface area contributed by atoms with Crippen molar-refractivity contribution < 1.29 is 9.66 Å². The standard InChI is InChI=1S/C10H3Cl2N5O3/c11-8-14-9(12)16-10(15-8)20-7-2-1-5(4-13)3-6(7)17(18)19/h1-3H. The summed E-state index contributed by atoms with van der Waals surface area (Å²) in [6.45, 7) is 0. The van der Waals surface area contributed by atoms with Crippen LogP contribution >= 0.6 is 23.2 Å². The third-order valence-corrected chi connectivity index (χ3v) is 2.38. The summed E-state index contributed by atoms with van der Waals surface area (Å²) in [6.07, 6.45) is 0. The summed E-state index contributed by atoms with van der Waals surface area (Å²) in [4.78, 5) is 21.0. The van der Waals surface area contributed by atoms with Crippen LogP contribution in [0.4, 0.5) is 5.69 Å². The topological polar surface area (TPSA) is 115 Å². The zero-order chi connectivity index (χ0) is 14.7. The first-order valence-corrected chi connectivity index (χ1v) is 5.68. The minimum absolute atomic E-state index is 0.121. The van der Waals surface area contributed by atoms with Gasteiger partial charge in [0.25, 0.3) is 0 Å². The van der Waals surface area contributed by atoms with Gasteiger partial charge in [0.05, 0.1) is 16.6 Å². The fourth-order valence-electron chi connectivity index (χ4n) is 1.27. The molecule has 2 aromatic rings. The van der Waals surface area contributed by atoms with Crippen molar-refractivity contribution in [2.45, 2.75) is 0 Å². The van der Waals surface area contributed by atoms with Crippen LogP contribution in [0.2, 0.25) is 10.6 Å². The average molecular weight is 312 g/mol. The third kappa shape index (κ3) is 3.09. The lowest BCUT2D eigenvalue weighted by atomic mass is 10.2. The molecule has 0 atom stereocenters. The molecule has 0 radical (unpaired) electrons. The molecule has 1 aromatic heterocycles. The average Bonchev–Trinajstić information content (AvgIpc) is 2.37. The Balaban J connectivity index is 2.43. The summed E-state index contributed by atoms with van der Waals surface area (Å²) in [5.41, 5.74) is -0.285. The van der Waals surface area contributed by atoms with Crippen LogP contribution in [-0.4, -0.2) is 19.9 Å². The van der Waals surface area contributed by atoms with Crippen molar-refractivity contribution in [3.8, 4) is 17.8 Å². The molecule has 0 amide bonds. The molecule has 20 heavy (non-hydrogen) atoms. The quantitative estimate of drug-likeness (QED) is 0.632. The highest BCUT2D eigenvalue weighted by Crippen LogP contribution is 2.31. The van der Waals surface area contributed by atoms with Crippen LogP contribution in [0.5, 0.6) is 11.8 Å². The van der Waals surface area contributed by atoms with Crippen molar-refractivity contribution in [2.75, 3.05) is 0 Å². The number of hydrogen-bond acceptors (Lipinski definition) is 7. The van der Waals surface area contributed by atoms with E-state index in [4.69, 9.17) is 33.2 Å². The highest BCUT2D eigenvalue weighted by atomic mass is 35.5. The molecule has 0 aliphatic carbocycles. The van der Waals surface area contributed by atoms with Gasteiger partial charge in [-0.1, -0.05) is 0 Å². The Morgan fingerprint density at radius 2 is 1.90 bits per heavy atom. The molecule has 0 unspecified atom stereocenters. The van der Waals surface area contributed by atoms with Gasteiger partial charge in [0.15, 0.2) is 0 Å². The van der Waals surface area contributed by atoms with Crippen LogP contribution in [0, 0.1) is 21.4 Å². The van der Waals surface area contributed by atoms with Crippen molar-refractivity contribution in [2.24, 2.45) is 0 Å². The first kappa shape index (κ1) is 13.9. The van der Waals surface area contributed by atoms with Crippen molar-refractivity contribution in [1.82, 2.24) is 15.0 Å². The number of ether oxygens (including phenoxy) is 1. The summed E-state index contributed by atoms with van der Waals surface area (Å²) in [6, 6.07) is 5.17. The maximum absolute atomic E-state index is 10.9. The van der Waals surface area contributed by atoms with Gasteiger partial charge in [-0.25, -0.2) is 0 Å². The summed E-state index contributed by atoms with van der Waals surface area (Å²) >= 11 is 11.1. The number of hydrogen-bond donors (Lipinski definition) is 0. The number of nitro groups is 1. The van der Waals surface area contributed by atoms with Gasteiger partial charge >= 0.3 is 11.7 Å². The summed E-state index contributed by atoms with van der Waals surface area (Å²) in [5.74, 6) is -0.146. The minimum atomic E-state index is -0.694. The van der Waals surface area contributed by atoms with E-state index in [1.165, 1.54) is 12.1 Å². The number of nitrogens with zero attached hydrogens (tertiary/aromatic N) is 5. The lowest BCUT2D eigenvalue weighted by molar-refractivity contribution is -0.385. The Bertz CT molecular complexity index is 711. The molecule has 0 fully saturated rings. The number of benzene rings is 1. The van der Waals surface area contributed by atoms with Gasteiger partial charge in [0.2, 0.25) is 16.3 Å². The molecule has 0 bridgehead atoms. The van der Waals surface area contributed by atoms with E-state index >= 15 is 0 Å². The van der Waals surface area contributed by atoms with Gasteiger partial charge in [0.1, 0.15) is 0 Å². The van der Waals surface area contributed by atoms with Crippen molar-refractivity contribution >= 4 is 28.9 Å². The third-order valence-electron chi connectivity index (χ3n) is 2.05. The van der Waals surface area contributed by atoms with E-state index in [9.17, 15) is 10.1 Å². The van der Waals surface area contributed by atoms with Gasteiger partial charge in [0, 0.05) is 6.07 Å². The first-order valence-electron chi connectivity index (χ1n) is 4.93. The maximum atomic E-state index is 10.9. The second kappa shape index (κ2) is 5.64. The van der Waals surface area contributed by atoms with Gasteiger partial charge in [-0.05, 0) is 35.3 Å². The highest BCUT2D eigenvalue weighted by molar-refractivity contribution is 6.31. The van der Waals surface area contributed by atoms with Gasteiger partial charge < -0.3 is 4.74 Å². The molecule has 0 spiro atoms. The summed E-state index contributed by atoms with van der Waals surface area (Å²) < 4.78 is 5.15. The number of nitriles is 1. The molecule has 1 heterocycles. The Morgan fingerprint density at radius 1 is 1.25 bits per heavy atom. The van der Waals surface area contributed by atoms with Crippen LogP contribution < -0.4 is 4.74 Å². The second-order valence-corrected chi connectivity index (χ2v) is 3.99. The summed E-state index contributed by atoms with van der Waals surface area (Å²) in [7, 11) is 0. The zero-order valence-electron chi connectivity index (χ0n) is 9.45. The predicted octanol–water partition coefficient (Wildman–Crippen LogP) is 2.75. The molecule has 10 heteroatoms. The van der Waals surface area contributed by atoms with Crippen LogP contribution in [0.1, 0.15) is 5.56 Å². The first-order chi connectivity index (χ1) is 9.49. The van der Waals surface area contributed by atoms with E-state index < -0.39 is 10.6 Å². The van der Waals surface area contributed by atoms with E-state index in [0.717, 1.165) is 6.07 Å². The lowest BCUT2D eigenvalue weighted by Crippen LogP contribution is -1.98. The van der Waals surface area contributed by atoms with Gasteiger partial charge in [-0.3, -0.25) is 10.1 Å². The van der Waals surface area contributed by atoms with Crippen LogP contribution in [-0.2, 0) is 0 Å². The molecule has 0 saturated heterocycles. The Labute approximate surface area is 121 Å². The SMILES string of the molecule is N#Cc1ccc(Oc2nc(Cl)nc(Cl)n2)c([N+](=O)[O-])c1. The van der Waals surface area contributed by atoms with E-state index in [0.29, 0.717) is 0 Å². The number of nitro benzene ring substituents is 1. The van der Waals surface area contributed by atoms with Crippen LogP contribution in [0.3, 0.4) is 0 Å². The highest BCUT2D eigenvalue weighted by Gasteiger charge is 2.18. The molecule has 0 aliphatic heterocycles. The van der Waals surface area contributed by atoms with E-state index in [1.54, 1.807) is 6.07 Å².